The molecule has 0 atom stereocenters. The van der Waals surface area contributed by atoms with Crippen LogP contribution >= 0.6 is 0 Å². The average Bonchev–Trinajstić information content (AvgIpc) is 2.98. The highest BCUT2D eigenvalue weighted by atomic mass is 16.5. The minimum atomic E-state index is 0.641. The van der Waals surface area contributed by atoms with E-state index in [0.29, 0.717) is 5.92 Å². The molecule has 1 N–H and O–H groups in total. The first-order valence-electron chi connectivity index (χ1n) is 7.19. The fourth-order valence-electron chi connectivity index (χ4n) is 3.00. The first-order chi connectivity index (χ1) is 9.30. The van der Waals surface area contributed by atoms with Crippen molar-refractivity contribution in [1.29, 1.82) is 0 Å². The van der Waals surface area contributed by atoms with E-state index < -0.39 is 0 Å². The van der Waals surface area contributed by atoms with Crippen LogP contribution in [-0.2, 0) is 6.42 Å². The molecule has 1 aromatic rings. The van der Waals surface area contributed by atoms with E-state index in [-0.39, 0.29) is 0 Å². The Bertz CT molecular complexity index is 411. The fraction of sp³-hybridized carbons (Fsp3) is 0.625. The van der Waals surface area contributed by atoms with Crippen LogP contribution in [0.5, 0.6) is 11.5 Å². The molecule has 106 valence electrons. The Kier molecular flexibility index (Phi) is 5.08. The number of ether oxygens (including phenoxy) is 2. The van der Waals surface area contributed by atoms with Crippen molar-refractivity contribution in [3.8, 4) is 11.5 Å². The van der Waals surface area contributed by atoms with Gasteiger partial charge in [-0.3, -0.25) is 0 Å². The number of hydrogen-bond acceptors (Lipinski definition) is 3. The normalized spacial score (nSPS) is 15.7. The van der Waals surface area contributed by atoms with Crippen LogP contribution in [0.15, 0.2) is 12.1 Å². The summed E-state index contributed by atoms with van der Waals surface area (Å²) in [5.41, 5.74) is 2.54. The fourth-order valence-corrected chi connectivity index (χ4v) is 3.00. The maximum atomic E-state index is 5.60. The molecule has 1 aliphatic carbocycles. The summed E-state index contributed by atoms with van der Waals surface area (Å²) in [5.74, 6) is 2.67. The molecule has 1 aliphatic rings. The third kappa shape index (κ3) is 3.21. The van der Waals surface area contributed by atoms with E-state index in [0.717, 1.165) is 24.5 Å². The second kappa shape index (κ2) is 6.80. The SMILES string of the molecule is CNCCc1cc(OC)c(C2CCCC2)cc1OC. The molecule has 0 bridgehead atoms. The van der Waals surface area contributed by atoms with E-state index in [2.05, 4.69) is 17.4 Å². The molecule has 3 heteroatoms. The van der Waals surface area contributed by atoms with Crippen molar-refractivity contribution in [2.45, 2.75) is 38.0 Å². The summed E-state index contributed by atoms with van der Waals surface area (Å²) >= 11 is 0. The highest BCUT2D eigenvalue weighted by Gasteiger charge is 2.22. The van der Waals surface area contributed by atoms with E-state index in [9.17, 15) is 0 Å². The number of nitrogens with one attached hydrogen (secondary N) is 1. The third-order valence-electron chi connectivity index (χ3n) is 4.07. The van der Waals surface area contributed by atoms with E-state index in [1.165, 1.54) is 36.8 Å². The average molecular weight is 263 g/mol. The maximum absolute atomic E-state index is 5.60. The third-order valence-corrected chi connectivity index (χ3v) is 4.07. The van der Waals surface area contributed by atoms with Crippen molar-refractivity contribution in [3.05, 3.63) is 23.3 Å². The summed E-state index contributed by atoms with van der Waals surface area (Å²) in [6, 6.07) is 4.35. The van der Waals surface area contributed by atoms with Crippen molar-refractivity contribution in [2.75, 3.05) is 27.8 Å². The predicted molar refractivity (Wildman–Crippen MR) is 78.4 cm³/mol. The predicted octanol–water partition coefficient (Wildman–Crippen LogP) is 3.12. The molecule has 0 spiro atoms. The lowest BCUT2D eigenvalue weighted by Crippen LogP contribution is -2.11. The van der Waals surface area contributed by atoms with E-state index in [1.54, 1.807) is 14.2 Å². The zero-order valence-electron chi connectivity index (χ0n) is 12.3. The van der Waals surface area contributed by atoms with Gasteiger partial charge in [0, 0.05) is 5.56 Å². The Morgan fingerprint density at radius 1 is 1.11 bits per heavy atom. The topological polar surface area (TPSA) is 30.5 Å². The molecular weight excluding hydrogens is 238 g/mol. The maximum Gasteiger partial charge on any atom is 0.122 e. The lowest BCUT2D eigenvalue weighted by molar-refractivity contribution is 0.391. The molecule has 3 nitrogen and oxygen atoms in total. The molecule has 0 amide bonds. The first kappa shape index (κ1) is 14.2. The standard InChI is InChI=1S/C16H25NO2/c1-17-9-8-13-10-16(19-3)14(11-15(13)18-2)12-6-4-5-7-12/h10-12,17H,4-9H2,1-3H3. The Hall–Kier alpha value is -1.22. The summed E-state index contributed by atoms with van der Waals surface area (Å²) in [6.45, 7) is 0.947. The van der Waals surface area contributed by atoms with E-state index >= 15 is 0 Å². The summed E-state index contributed by atoms with van der Waals surface area (Å²) in [4.78, 5) is 0. The molecule has 0 aromatic heterocycles. The van der Waals surface area contributed by atoms with E-state index in [4.69, 9.17) is 9.47 Å². The molecule has 19 heavy (non-hydrogen) atoms. The lowest BCUT2D eigenvalue weighted by Gasteiger charge is -2.18. The summed E-state index contributed by atoms with van der Waals surface area (Å²) in [7, 11) is 5.49. The minimum absolute atomic E-state index is 0.641. The zero-order chi connectivity index (χ0) is 13.7. The van der Waals surface area contributed by atoms with Crippen molar-refractivity contribution in [2.24, 2.45) is 0 Å². The summed E-state index contributed by atoms with van der Waals surface area (Å²) in [5, 5.41) is 3.18. The molecule has 0 unspecified atom stereocenters. The molecule has 0 saturated heterocycles. The largest absolute Gasteiger partial charge is 0.496 e. The van der Waals surface area contributed by atoms with Crippen LogP contribution in [0.25, 0.3) is 0 Å². The van der Waals surface area contributed by atoms with Gasteiger partial charge in [0.25, 0.3) is 0 Å². The van der Waals surface area contributed by atoms with Gasteiger partial charge in [-0.2, -0.15) is 0 Å². The molecule has 1 saturated carbocycles. The van der Waals surface area contributed by atoms with Gasteiger partial charge in [0.05, 0.1) is 14.2 Å². The van der Waals surface area contributed by atoms with Gasteiger partial charge < -0.3 is 14.8 Å². The molecule has 0 heterocycles. The van der Waals surface area contributed by atoms with Crippen molar-refractivity contribution < 1.29 is 9.47 Å². The van der Waals surface area contributed by atoms with Crippen molar-refractivity contribution in [1.82, 2.24) is 5.32 Å². The van der Waals surface area contributed by atoms with E-state index in [1.807, 2.05) is 7.05 Å². The number of hydrogen-bond donors (Lipinski definition) is 1. The first-order valence-corrected chi connectivity index (χ1v) is 7.19. The number of methoxy groups -OCH3 is 2. The van der Waals surface area contributed by atoms with Gasteiger partial charge >= 0.3 is 0 Å². The Morgan fingerprint density at radius 3 is 2.37 bits per heavy atom. The number of rotatable bonds is 6. The van der Waals surface area contributed by atoms with Gasteiger partial charge in [0.2, 0.25) is 0 Å². The van der Waals surface area contributed by atoms with Crippen LogP contribution in [0.1, 0.15) is 42.7 Å². The second-order valence-corrected chi connectivity index (χ2v) is 5.24. The summed E-state index contributed by atoms with van der Waals surface area (Å²) < 4.78 is 11.2. The van der Waals surface area contributed by atoms with Crippen LogP contribution in [-0.4, -0.2) is 27.8 Å². The molecular formula is C16H25NO2. The van der Waals surface area contributed by atoms with Gasteiger partial charge in [0.15, 0.2) is 0 Å². The smallest absolute Gasteiger partial charge is 0.122 e. The van der Waals surface area contributed by atoms with Gasteiger partial charge in [-0.05, 0) is 56.5 Å². The quantitative estimate of drug-likeness (QED) is 0.855. The van der Waals surface area contributed by atoms with Crippen molar-refractivity contribution >= 4 is 0 Å². The minimum Gasteiger partial charge on any atom is -0.496 e. The lowest BCUT2D eigenvalue weighted by atomic mass is 9.94. The highest BCUT2D eigenvalue weighted by molar-refractivity contribution is 5.48. The Balaban J connectivity index is 2.32. The molecule has 1 fully saturated rings. The number of benzene rings is 1. The Morgan fingerprint density at radius 2 is 1.79 bits per heavy atom. The van der Waals surface area contributed by atoms with Gasteiger partial charge in [0.1, 0.15) is 11.5 Å². The van der Waals surface area contributed by atoms with Crippen molar-refractivity contribution in [3.63, 3.8) is 0 Å². The van der Waals surface area contributed by atoms with Crippen LogP contribution in [0, 0.1) is 0 Å². The van der Waals surface area contributed by atoms with Gasteiger partial charge in [-0.25, -0.2) is 0 Å². The molecule has 0 aliphatic heterocycles. The monoisotopic (exact) mass is 263 g/mol. The zero-order valence-corrected chi connectivity index (χ0v) is 12.3. The van der Waals surface area contributed by atoms with Gasteiger partial charge in [-0.1, -0.05) is 12.8 Å². The molecule has 2 rings (SSSR count). The number of likely N-dealkylation sites (N-methyl/N-ethyl adjacent to an activating group) is 1. The van der Waals surface area contributed by atoms with Crippen LogP contribution in [0.3, 0.4) is 0 Å². The van der Waals surface area contributed by atoms with Crippen LogP contribution in [0.2, 0.25) is 0 Å². The molecule has 1 aromatic carbocycles. The highest BCUT2D eigenvalue weighted by Crippen LogP contribution is 2.41. The molecule has 0 radical (unpaired) electrons. The Labute approximate surface area is 116 Å². The van der Waals surface area contributed by atoms with Crippen LogP contribution in [0.4, 0.5) is 0 Å². The second-order valence-electron chi connectivity index (χ2n) is 5.24. The van der Waals surface area contributed by atoms with Gasteiger partial charge in [-0.15, -0.1) is 0 Å². The van der Waals surface area contributed by atoms with Crippen LogP contribution < -0.4 is 14.8 Å². The summed E-state index contributed by atoms with van der Waals surface area (Å²) in [6.07, 6.45) is 6.17.